The Balaban J connectivity index is 2.51. The van der Waals surface area contributed by atoms with Gasteiger partial charge in [0.15, 0.2) is 5.79 Å². The second-order valence-corrected chi connectivity index (χ2v) is 11.0. The molecule has 0 bridgehead atoms. The molecular formula is C25H52O11Si. The molecule has 11 nitrogen and oxygen atoms in total. The van der Waals surface area contributed by atoms with Crippen LogP contribution >= 0.6 is 0 Å². The van der Waals surface area contributed by atoms with Gasteiger partial charge >= 0.3 is 9.28 Å². The Bertz CT molecular complexity index is 479. The van der Waals surface area contributed by atoms with Gasteiger partial charge in [-0.05, 0) is 32.1 Å². The van der Waals surface area contributed by atoms with Crippen LogP contribution in [-0.2, 0) is 46.7 Å². The number of rotatable bonds is 26. The summed E-state index contributed by atoms with van der Waals surface area (Å²) in [6.45, 7) is 8.44. The molecule has 1 N–H and O–H groups in total. The third-order valence-electron chi connectivity index (χ3n) is 6.05. The first-order chi connectivity index (χ1) is 18.1. The minimum Gasteiger partial charge on any atom is -0.393 e. The molecule has 0 saturated heterocycles. The second-order valence-electron chi connectivity index (χ2n) is 8.89. The summed E-state index contributed by atoms with van der Waals surface area (Å²) in [6.07, 6.45) is 3.71. The van der Waals surface area contributed by atoms with Crippen LogP contribution in [0.2, 0.25) is 0 Å². The summed E-state index contributed by atoms with van der Waals surface area (Å²) in [5.41, 5.74) is -0.103. The molecule has 1 unspecified atom stereocenters. The molecule has 0 amide bonds. The van der Waals surface area contributed by atoms with E-state index in [0.29, 0.717) is 105 Å². The fourth-order valence-electron chi connectivity index (χ4n) is 4.04. The normalized spacial score (nSPS) is 21.1. The van der Waals surface area contributed by atoms with E-state index < -0.39 is 15.1 Å². The Labute approximate surface area is 225 Å². The molecule has 1 fully saturated rings. The highest BCUT2D eigenvalue weighted by Crippen LogP contribution is 2.36. The van der Waals surface area contributed by atoms with E-state index in [9.17, 15) is 5.11 Å². The van der Waals surface area contributed by atoms with Gasteiger partial charge in [-0.15, -0.1) is 0 Å². The van der Waals surface area contributed by atoms with E-state index in [2.05, 4.69) is 0 Å². The van der Waals surface area contributed by atoms with E-state index in [1.807, 2.05) is 6.92 Å². The zero-order chi connectivity index (χ0) is 27.0. The van der Waals surface area contributed by atoms with Crippen LogP contribution in [-0.4, -0.2) is 133 Å². The minimum atomic E-state index is -2.19. The van der Waals surface area contributed by atoms with Gasteiger partial charge in [0.05, 0.1) is 85.0 Å². The SMILES string of the molecule is CCOC(CC1CCC(O)(OCCOCCOC)CC1)[SiH](OCCOCCOC)OCCOCCOC. The van der Waals surface area contributed by atoms with E-state index >= 15 is 0 Å². The highest BCUT2D eigenvalue weighted by molar-refractivity contribution is 6.46. The second kappa shape index (κ2) is 23.6. The van der Waals surface area contributed by atoms with Gasteiger partial charge in [-0.1, -0.05) is 0 Å². The van der Waals surface area contributed by atoms with E-state index in [1.54, 1.807) is 21.3 Å². The lowest BCUT2D eigenvalue weighted by Crippen LogP contribution is -2.44. The molecule has 12 heteroatoms. The van der Waals surface area contributed by atoms with Gasteiger partial charge in [0, 0.05) is 40.8 Å². The van der Waals surface area contributed by atoms with Crippen molar-refractivity contribution in [2.24, 2.45) is 5.92 Å². The van der Waals surface area contributed by atoms with Crippen molar-refractivity contribution in [1.29, 1.82) is 0 Å². The third kappa shape index (κ3) is 17.9. The Morgan fingerprint density at radius 1 is 0.703 bits per heavy atom. The van der Waals surface area contributed by atoms with Crippen LogP contribution in [0.1, 0.15) is 39.0 Å². The van der Waals surface area contributed by atoms with Crippen molar-refractivity contribution < 1.29 is 51.9 Å². The van der Waals surface area contributed by atoms with E-state index in [-0.39, 0.29) is 5.73 Å². The average Bonchev–Trinajstić information content (AvgIpc) is 2.90. The summed E-state index contributed by atoms with van der Waals surface area (Å²) in [5, 5.41) is 10.8. The molecule has 0 radical (unpaired) electrons. The summed E-state index contributed by atoms with van der Waals surface area (Å²) in [4.78, 5) is 0. The number of ether oxygens (including phenoxy) is 8. The standard InChI is InChI=1S/C25H52O11Si/c1-5-33-24(22-23-6-8-25(26,9-7-23)34-19-16-30-13-10-27-2)37(35-20-17-31-14-11-28-3)36-21-18-32-15-12-29-4/h23-24,26,37H,5-22H2,1-4H3. The molecular weight excluding hydrogens is 504 g/mol. The maximum Gasteiger partial charge on any atom is 0.351 e. The largest absolute Gasteiger partial charge is 0.393 e. The fraction of sp³-hybridized carbons (Fsp3) is 1.00. The number of hydrogen-bond donors (Lipinski definition) is 1. The topological polar surface area (TPSA) is 113 Å². The van der Waals surface area contributed by atoms with Crippen LogP contribution in [0, 0.1) is 5.92 Å². The quantitative estimate of drug-likeness (QED) is 0.0949. The monoisotopic (exact) mass is 556 g/mol. The zero-order valence-electron chi connectivity index (χ0n) is 23.5. The lowest BCUT2D eigenvalue weighted by Gasteiger charge is -2.37. The number of methoxy groups -OCH3 is 3. The van der Waals surface area contributed by atoms with Crippen molar-refractivity contribution in [3.63, 3.8) is 0 Å². The Kier molecular flexibility index (Phi) is 22.2. The van der Waals surface area contributed by atoms with Crippen LogP contribution < -0.4 is 0 Å². The molecule has 0 aliphatic heterocycles. The molecule has 0 aromatic rings. The molecule has 1 atom stereocenters. The van der Waals surface area contributed by atoms with Crippen LogP contribution in [0.15, 0.2) is 0 Å². The first kappa shape index (κ1) is 34.8. The number of aliphatic hydroxyl groups is 1. The first-order valence-corrected chi connectivity index (χ1v) is 15.1. The van der Waals surface area contributed by atoms with Crippen molar-refractivity contribution in [3.8, 4) is 0 Å². The predicted molar refractivity (Wildman–Crippen MR) is 140 cm³/mol. The van der Waals surface area contributed by atoms with E-state index in [1.165, 1.54) is 0 Å². The third-order valence-corrected chi connectivity index (χ3v) is 8.25. The minimum absolute atomic E-state index is 0.103. The van der Waals surface area contributed by atoms with Crippen molar-refractivity contribution in [2.45, 2.75) is 50.5 Å². The Morgan fingerprint density at radius 3 is 1.62 bits per heavy atom. The fourth-order valence-corrected chi connectivity index (χ4v) is 6.18. The molecule has 1 aliphatic rings. The molecule has 1 rings (SSSR count). The van der Waals surface area contributed by atoms with Gasteiger partial charge in [0.1, 0.15) is 0 Å². The van der Waals surface area contributed by atoms with Crippen LogP contribution in [0.25, 0.3) is 0 Å². The molecule has 1 saturated carbocycles. The summed E-state index contributed by atoms with van der Waals surface area (Å²) in [5.74, 6) is -0.693. The van der Waals surface area contributed by atoms with Gasteiger partial charge in [-0.25, -0.2) is 0 Å². The van der Waals surface area contributed by atoms with Crippen molar-refractivity contribution >= 4 is 9.28 Å². The molecule has 0 heterocycles. The molecule has 0 spiro atoms. The van der Waals surface area contributed by atoms with Gasteiger partial charge in [0.2, 0.25) is 0 Å². The van der Waals surface area contributed by atoms with E-state index in [0.717, 1.165) is 19.3 Å². The zero-order valence-corrected chi connectivity index (χ0v) is 24.6. The van der Waals surface area contributed by atoms with Crippen LogP contribution in [0.3, 0.4) is 0 Å². The van der Waals surface area contributed by atoms with Gasteiger partial charge in [-0.2, -0.15) is 0 Å². The van der Waals surface area contributed by atoms with Crippen molar-refractivity contribution in [2.75, 3.05) is 107 Å². The van der Waals surface area contributed by atoms with E-state index in [4.69, 9.17) is 46.7 Å². The Morgan fingerprint density at radius 2 is 1.16 bits per heavy atom. The highest BCUT2D eigenvalue weighted by Gasteiger charge is 2.37. The summed E-state index contributed by atoms with van der Waals surface area (Å²) >= 11 is 0. The first-order valence-electron chi connectivity index (χ1n) is 13.5. The lowest BCUT2D eigenvalue weighted by atomic mass is 9.83. The maximum absolute atomic E-state index is 10.8. The molecule has 1 aliphatic carbocycles. The highest BCUT2D eigenvalue weighted by atomic mass is 28.3. The van der Waals surface area contributed by atoms with Crippen LogP contribution in [0.4, 0.5) is 0 Å². The van der Waals surface area contributed by atoms with Gasteiger partial charge in [0.25, 0.3) is 0 Å². The molecule has 0 aromatic heterocycles. The van der Waals surface area contributed by atoms with Crippen LogP contribution in [0.5, 0.6) is 0 Å². The molecule has 37 heavy (non-hydrogen) atoms. The molecule has 0 aromatic carbocycles. The smallest absolute Gasteiger partial charge is 0.351 e. The predicted octanol–water partition coefficient (Wildman–Crippen LogP) is 1.46. The van der Waals surface area contributed by atoms with Crippen molar-refractivity contribution in [3.05, 3.63) is 0 Å². The van der Waals surface area contributed by atoms with Gasteiger partial charge in [-0.3, -0.25) is 0 Å². The lowest BCUT2D eigenvalue weighted by molar-refractivity contribution is -0.230. The van der Waals surface area contributed by atoms with Crippen molar-refractivity contribution in [1.82, 2.24) is 0 Å². The van der Waals surface area contributed by atoms with Gasteiger partial charge < -0.3 is 51.9 Å². The summed E-state index contributed by atoms with van der Waals surface area (Å²) in [7, 11) is 2.75. The molecule has 222 valence electrons. The summed E-state index contributed by atoms with van der Waals surface area (Å²) in [6, 6.07) is 0. The summed E-state index contributed by atoms with van der Waals surface area (Å²) < 4.78 is 55.8. The Hall–Kier alpha value is -0.223. The average molecular weight is 557 g/mol. The maximum atomic E-state index is 10.8. The number of hydrogen-bond acceptors (Lipinski definition) is 11.